The zero-order valence-corrected chi connectivity index (χ0v) is 14.7. The van der Waals surface area contributed by atoms with Gasteiger partial charge in [-0.25, -0.2) is 4.79 Å². The quantitative estimate of drug-likeness (QED) is 0.795. The molecule has 3 rings (SSSR count). The van der Waals surface area contributed by atoms with Crippen molar-refractivity contribution in [1.29, 1.82) is 0 Å². The Kier molecular flexibility index (Phi) is 3.49. The van der Waals surface area contributed by atoms with Gasteiger partial charge in [0.25, 0.3) is 0 Å². The topological polar surface area (TPSA) is 46.5 Å². The zero-order valence-electron chi connectivity index (χ0n) is 14.7. The van der Waals surface area contributed by atoms with Crippen LogP contribution in [0.1, 0.15) is 70.6 Å². The summed E-state index contributed by atoms with van der Waals surface area (Å²) in [6.45, 7) is 10.9. The van der Waals surface area contributed by atoms with Crippen molar-refractivity contribution in [3.05, 3.63) is 46.5 Å². The molecule has 0 fully saturated rings. The molecule has 0 amide bonds. The predicted molar refractivity (Wildman–Crippen MR) is 90.1 cm³/mol. The minimum atomic E-state index is -1.55. The normalized spacial score (nSPS) is 28.6. The van der Waals surface area contributed by atoms with E-state index in [-0.39, 0.29) is 10.8 Å². The van der Waals surface area contributed by atoms with Crippen LogP contribution in [0.25, 0.3) is 0 Å². The molecule has 1 N–H and O–H groups in total. The second-order valence-corrected chi connectivity index (χ2v) is 8.40. The summed E-state index contributed by atoms with van der Waals surface area (Å²) in [7, 11) is 0. The Hall–Kier alpha value is -1.61. The van der Waals surface area contributed by atoms with Crippen LogP contribution in [-0.4, -0.2) is 11.1 Å². The number of benzene rings is 1. The highest BCUT2D eigenvalue weighted by atomic mass is 16.7. The molecule has 0 bridgehead atoms. The highest BCUT2D eigenvalue weighted by Gasteiger charge is 2.41. The van der Waals surface area contributed by atoms with Crippen LogP contribution in [0.4, 0.5) is 0 Å². The average Bonchev–Trinajstić information content (AvgIpc) is 2.42. The zero-order chi connectivity index (χ0) is 17.0. The molecular weight excluding hydrogens is 288 g/mol. The summed E-state index contributed by atoms with van der Waals surface area (Å²) < 4.78 is 5.28. The van der Waals surface area contributed by atoms with E-state index in [1.165, 1.54) is 17.2 Å². The Bertz CT molecular complexity index is 697. The molecule has 23 heavy (non-hydrogen) atoms. The van der Waals surface area contributed by atoms with Crippen LogP contribution in [0, 0.1) is 0 Å². The van der Waals surface area contributed by atoms with Crippen molar-refractivity contribution in [2.45, 2.75) is 70.5 Å². The van der Waals surface area contributed by atoms with Crippen molar-refractivity contribution in [1.82, 2.24) is 0 Å². The van der Waals surface area contributed by atoms with Gasteiger partial charge < -0.3 is 9.84 Å². The van der Waals surface area contributed by atoms with Crippen LogP contribution in [0.2, 0.25) is 0 Å². The van der Waals surface area contributed by atoms with E-state index in [1.807, 2.05) is 19.1 Å². The number of rotatable bonds is 1. The maximum atomic E-state index is 11.7. The van der Waals surface area contributed by atoms with Crippen LogP contribution in [0.5, 0.6) is 0 Å². The summed E-state index contributed by atoms with van der Waals surface area (Å²) >= 11 is 0. The Morgan fingerprint density at radius 1 is 1.04 bits per heavy atom. The van der Waals surface area contributed by atoms with E-state index >= 15 is 0 Å². The van der Waals surface area contributed by atoms with Gasteiger partial charge in [0.1, 0.15) is 0 Å². The van der Waals surface area contributed by atoms with E-state index in [1.54, 1.807) is 0 Å². The van der Waals surface area contributed by atoms with Crippen LogP contribution in [0.3, 0.4) is 0 Å². The summed E-state index contributed by atoms with van der Waals surface area (Å²) in [4.78, 5) is 11.7. The number of fused-ring (bicyclic) bond motifs is 1. The van der Waals surface area contributed by atoms with E-state index in [2.05, 4.69) is 33.8 Å². The molecule has 1 aliphatic carbocycles. The molecule has 1 atom stereocenters. The lowest BCUT2D eigenvalue weighted by molar-refractivity contribution is -0.213. The summed E-state index contributed by atoms with van der Waals surface area (Å²) in [6.07, 6.45) is 4.02. The van der Waals surface area contributed by atoms with Crippen molar-refractivity contribution < 1.29 is 14.6 Å². The molecule has 1 aliphatic heterocycles. The molecule has 0 radical (unpaired) electrons. The van der Waals surface area contributed by atoms with Gasteiger partial charge in [0.05, 0.1) is 0 Å². The fourth-order valence-corrected chi connectivity index (χ4v) is 3.85. The third kappa shape index (κ3) is 2.72. The number of cyclic esters (lactones) is 1. The second-order valence-electron chi connectivity index (χ2n) is 8.40. The lowest BCUT2D eigenvalue weighted by Crippen LogP contribution is -2.37. The highest BCUT2D eigenvalue weighted by Crippen LogP contribution is 2.47. The molecule has 124 valence electrons. The minimum absolute atomic E-state index is 0.0563. The van der Waals surface area contributed by atoms with Crippen LogP contribution in [-0.2, 0) is 26.1 Å². The first-order chi connectivity index (χ1) is 10.5. The second kappa shape index (κ2) is 4.94. The molecule has 3 nitrogen and oxygen atoms in total. The first kappa shape index (κ1) is 16.3. The summed E-state index contributed by atoms with van der Waals surface area (Å²) in [6, 6.07) is 6.06. The number of ether oxygens (including phenoxy) is 1. The number of hydrogen-bond acceptors (Lipinski definition) is 3. The molecular formula is C20H26O3. The summed E-state index contributed by atoms with van der Waals surface area (Å²) in [5, 5.41) is 10.9. The summed E-state index contributed by atoms with van der Waals surface area (Å²) in [5.74, 6) is -2.03. The molecule has 0 aromatic heterocycles. The largest absolute Gasteiger partial charge is 0.425 e. The maximum Gasteiger partial charge on any atom is 0.333 e. The van der Waals surface area contributed by atoms with E-state index in [0.717, 1.165) is 18.4 Å². The summed E-state index contributed by atoms with van der Waals surface area (Å²) in [5.41, 5.74) is 4.27. The van der Waals surface area contributed by atoms with Gasteiger partial charge >= 0.3 is 5.97 Å². The maximum absolute atomic E-state index is 11.7. The number of hydrogen-bond donors (Lipinski definition) is 1. The van der Waals surface area contributed by atoms with E-state index in [4.69, 9.17) is 4.74 Å². The van der Waals surface area contributed by atoms with Gasteiger partial charge in [0.15, 0.2) is 0 Å². The number of esters is 1. The Morgan fingerprint density at radius 2 is 1.65 bits per heavy atom. The van der Waals surface area contributed by atoms with E-state index in [9.17, 15) is 9.90 Å². The average molecular weight is 314 g/mol. The number of carbonyl (C=O) groups is 1. The van der Waals surface area contributed by atoms with E-state index in [0.29, 0.717) is 12.0 Å². The number of aliphatic hydroxyl groups is 1. The molecule has 0 spiro atoms. The Balaban J connectivity index is 2.11. The minimum Gasteiger partial charge on any atom is -0.425 e. The third-order valence-electron chi connectivity index (χ3n) is 5.46. The van der Waals surface area contributed by atoms with Gasteiger partial charge in [0.2, 0.25) is 5.79 Å². The Labute approximate surface area is 138 Å². The van der Waals surface area contributed by atoms with Crippen molar-refractivity contribution in [2.75, 3.05) is 0 Å². The van der Waals surface area contributed by atoms with Crippen molar-refractivity contribution in [3.8, 4) is 0 Å². The van der Waals surface area contributed by atoms with Gasteiger partial charge in [-0.15, -0.1) is 0 Å². The molecule has 0 saturated carbocycles. The van der Waals surface area contributed by atoms with Gasteiger partial charge in [0, 0.05) is 18.1 Å². The van der Waals surface area contributed by atoms with Crippen LogP contribution < -0.4 is 0 Å². The van der Waals surface area contributed by atoms with Crippen molar-refractivity contribution in [3.63, 3.8) is 0 Å². The van der Waals surface area contributed by atoms with Crippen LogP contribution in [0.15, 0.2) is 29.8 Å². The Morgan fingerprint density at radius 3 is 2.26 bits per heavy atom. The van der Waals surface area contributed by atoms with Gasteiger partial charge in [-0.1, -0.05) is 45.4 Å². The van der Waals surface area contributed by atoms with Gasteiger partial charge in [-0.3, -0.25) is 0 Å². The smallest absolute Gasteiger partial charge is 0.333 e. The van der Waals surface area contributed by atoms with Crippen molar-refractivity contribution in [2.24, 2.45) is 0 Å². The first-order valence-electron chi connectivity index (χ1n) is 8.32. The molecule has 1 heterocycles. The molecule has 1 aromatic rings. The predicted octanol–water partition coefficient (Wildman–Crippen LogP) is 4.07. The fourth-order valence-electron chi connectivity index (χ4n) is 3.85. The van der Waals surface area contributed by atoms with Gasteiger partial charge in [-0.05, 0) is 47.8 Å². The molecule has 3 heteroatoms. The third-order valence-corrected chi connectivity index (χ3v) is 5.46. The fraction of sp³-hybridized carbons (Fsp3) is 0.550. The lowest BCUT2D eigenvalue weighted by Gasteiger charge is -2.43. The highest BCUT2D eigenvalue weighted by molar-refractivity contribution is 5.84. The SMILES string of the molecule is CC1=CC(=O)OC(O)(c2ccc3c(c2)C(C)(C)CCC3(C)C)C1. The van der Waals surface area contributed by atoms with Crippen LogP contribution >= 0.6 is 0 Å². The monoisotopic (exact) mass is 314 g/mol. The molecule has 1 unspecified atom stereocenters. The van der Waals surface area contributed by atoms with Gasteiger partial charge in [-0.2, -0.15) is 0 Å². The van der Waals surface area contributed by atoms with E-state index < -0.39 is 11.8 Å². The number of carbonyl (C=O) groups excluding carboxylic acids is 1. The molecule has 0 saturated heterocycles. The lowest BCUT2D eigenvalue weighted by atomic mass is 9.63. The molecule has 1 aromatic carbocycles. The first-order valence-corrected chi connectivity index (χ1v) is 8.32. The van der Waals surface area contributed by atoms with Crippen molar-refractivity contribution >= 4 is 5.97 Å². The standard InChI is InChI=1S/C20H26O3/c1-13-10-17(21)23-20(22,12-13)14-6-7-15-16(11-14)19(4,5)9-8-18(15,2)3/h6-7,10-11,22H,8-9,12H2,1-5H3. The molecule has 2 aliphatic rings.